The predicted octanol–water partition coefficient (Wildman–Crippen LogP) is 2.17. The van der Waals surface area contributed by atoms with E-state index in [1.807, 2.05) is 0 Å². The van der Waals surface area contributed by atoms with Gasteiger partial charge in [-0.2, -0.15) is 0 Å². The maximum atomic E-state index is 12.4. The monoisotopic (exact) mass is 347 g/mol. The molecule has 2 aromatic heterocycles. The van der Waals surface area contributed by atoms with Gasteiger partial charge in [0.25, 0.3) is 5.91 Å². The summed E-state index contributed by atoms with van der Waals surface area (Å²) in [6, 6.07) is 1.52. The number of aromatic nitrogens is 3. The van der Waals surface area contributed by atoms with Gasteiger partial charge >= 0.3 is 6.09 Å². The number of nitrogens with zero attached hydrogens (tertiary/aromatic N) is 3. The number of aryl methyl sites for hydroxylation is 2. The Labute approximate surface area is 145 Å². The number of carbonyl (C=O) groups excluding carboxylic acids is 3. The van der Waals surface area contributed by atoms with Crippen LogP contribution in [0.1, 0.15) is 41.9 Å². The third kappa shape index (κ3) is 4.69. The standard InChI is InChI=1S/C16H21N5O4/c1-16(2,3)25-15(24)17-10-6-11(20(4)7-10)14(23)19-12-8-21(5)13(9-22)18-12/h6-9H,1-5H3,(H,17,24)(H,19,23). The molecule has 0 bridgehead atoms. The summed E-state index contributed by atoms with van der Waals surface area (Å²) in [5.41, 5.74) is 0.120. The first-order valence-corrected chi connectivity index (χ1v) is 7.55. The summed E-state index contributed by atoms with van der Waals surface area (Å²) in [4.78, 5) is 38.9. The number of carbonyl (C=O) groups is 3. The molecule has 0 atom stereocenters. The highest BCUT2D eigenvalue weighted by Gasteiger charge is 2.19. The lowest BCUT2D eigenvalue weighted by atomic mass is 10.2. The van der Waals surface area contributed by atoms with Gasteiger partial charge < -0.3 is 19.2 Å². The van der Waals surface area contributed by atoms with Crippen LogP contribution in [0.4, 0.5) is 16.3 Å². The van der Waals surface area contributed by atoms with Crippen LogP contribution in [0.25, 0.3) is 0 Å². The molecule has 134 valence electrons. The number of amides is 2. The van der Waals surface area contributed by atoms with Gasteiger partial charge in [0.05, 0.1) is 5.69 Å². The van der Waals surface area contributed by atoms with E-state index in [0.717, 1.165) is 0 Å². The van der Waals surface area contributed by atoms with E-state index in [0.29, 0.717) is 17.7 Å². The van der Waals surface area contributed by atoms with E-state index in [4.69, 9.17) is 4.74 Å². The molecule has 0 aliphatic heterocycles. The summed E-state index contributed by atoms with van der Waals surface area (Å²) in [5.74, 6) is 0.0437. The highest BCUT2D eigenvalue weighted by Crippen LogP contribution is 2.16. The summed E-state index contributed by atoms with van der Waals surface area (Å²) in [6.07, 6.45) is 3.12. The normalized spacial score (nSPS) is 11.1. The van der Waals surface area contributed by atoms with Crippen molar-refractivity contribution in [2.24, 2.45) is 14.1 Å². The van der Waals surface area contributed by atoms with E-state index < -0.39 is 17.6 Å². The second-order valence-corrected chi connectivity index (χ2v) is 6.52. The molecule has 0 aromatic carbocycles. The van der Waals surface area contributed by atoms with E-state index in [9.17, 15) is 14.4 Å². The molecule has 0 saturated carbocycles. The topological polar surface area (TPSA) is 107 Å². The average Bonchev–Trinajstić information content (AvgIpc) is 2.99. The predicted molar refractivity (Wildman–Crippen MR) is 91.8 cm³/mol. The van der Waals surface area contributed by atoms with E-state index in [-0.39, 0.29) is 11.6 Å². The number of ether oxygens (including phenoxy) is 1. The van der Waals surface area contributed by atoms with Crippen molar-refractivity contribution in [2.45, 2.75) is 26.4 Å². The Kier molecular flexibility index (Phi) is 4.96. The molecule has 9 nitrogen and oxygen atoms in total. The minimum absolute atomic E-state index is 0.203. The molecule has 2 heterocycles. The van der Waals surface area contributed by atoms with Crippen LogP contribution in [-0.2, 0) is 18.8 Å². The van der Waals surface area contributed by atoms with Gasteiger partial charge in [0.1, 0.15) is 11.3 Å². The molecule has 2 aromatic rings. The zero-order chi connectivity index (χ0) is 18.8. The summed E-state index contributed by atoms with van der Waals surface area (Å²) in [6.45, 7) is 5.28. The highest BCUT2D eigenvalue weighted by molar-refractivity contribution is 6.04. The second kappa shape index (κ2) is 6.80. The van der Waals surface area contributed by atoms with E-state index in [1.54, 1.807) is 45.6 Å². The molecular formula is C16H21N5O4. The Morgan fingerprint density at radius 1 is 1.16 bits per heavy atom. The summed E-state index contributed by atoms with van der Waals surface area (Å²) >= 11 is 0. The van der Waals surface area contributed by atoms with Crippen molar-refractivity contribution in [3.63, 3.8) is 0 Å². The summed E-state index contributed by atoms with van der Waals surface area (Å²) in [7, 11) is 3.32. The highest BCUT2D eigenvalue weighted by atomic mass is 16.6. The molecule has 0 spiro atoms. The van der Waals surface area contributed by atoms with Gasteiger partial charge in [-0.05, 0) is 26.8 Å². The molecule has 2 rings (SSSR count). The molecule has 0 aliphatic rings. The molecule has 0 fully saturated rings. The Bertz CT molecular complexity index is 813. The first-order valence-electron chi connectivity index (χ1n) is 7.55. The quantitative estimate of drug-likeness (QED) is 0.824. The first kappa shape index (κ1) is 18.2. The van der Waals surface area contributed by atoms with Crippen molar-refractivity contribution in [2.75, 3.05) is 10.6 Å². The van der Waals surface area contributed by atoms with Gasteiger partial charge in [0.2, 0.25) is 0 Å². The Hall–Kier alpha value is -3.10. The summed E-state index contributed by atoms with van der Waals surface area (Å²) in [5, 5.41) is 5.18. The molecule has 0 aliphatic carbocycles. The molecule has 2 amide bonds. The first-order chi connectivity index (χ1) is 11.6. The van der Waals surface area contributed by atoms with Gasteiger partial charge in [-0.3, -0.25) is 14.9 Å². The smallest absolute Gasteiger partial charge is 0.412 e. The fraction of sp³-hybridized carbons (Fsp3) is 0.375. The third-order valence-corrected chi connectivity index (χ3v) is 3.14. The van der Waals surface area contributed by atoms with Crippen molar-refractivity contribution in [3.05, 3.63) is 30.0 Å². The van der Waals surface area contributed by atoms with E-state index >= 15 is 0 Å². The van der Waals surface area contributed by atoms with Crippen molar-refractivity contribution < 1.29 is 19.1 Å². The summed E-state index contributed by atoms with van der Waals surface area (Å²) < 4.78 is 8.23. The van der Waals surface area contributed by atoms with Crippen LogP contribution in [0.5, 0.6) is 0 Å². The minimum atomic E-state index is -0.617. The van der Waals surface area contributed by atoms with Crippen LogP contribution < -0.4 is 10.6 Å². The van der Waals surface area contributed by atoms with Crippen LogP contribution in [0.2, 0.25) is 0 Å². The molecule has 9 heteroatoms. The molecular weight excluding hydrogens is 326 g/mol. The van der Waals surface area contributed by atoms with Crippen molar-refractivity contribution in [1.29, 1.82) is 0 Å². The Balaban J connectivity index is 2.09. The number of hydrogen-bond donors (Lipinski definition) is 2. The Morgan fingerprint density at radius 3 is 2.40 bits per heavy atom. The Morgan fingerprint density at radius 2 is 1.84 bits per heavy atom. The van der Waals surface area contributed by atoms with E-state index in [1.165, 1.54) is 16.8 Å². The number of nitrogens with one attached hydrogen (secondary N) is 2. The number of anilines is 2. The van der Waals surface area contributed by atoms with Crippen molar-refractivity contribution in [1.82, 2.24) is 14.1 Å². The molecule has 25 heavy (non-hydrogen) atoms. The van der Waals surface area contributed by atoms with Gasteiger partial charge in [0.15, 0.2) is 17.9 Å². The van der Waals surface area contributed by atoms with Crippen LogP contribution >= 0.6 is 0 Å². The fourth-order valence-corrected chi connectivity index (χ4v) is 2.11. The van der Waals surface area contributed by atoms with Crippen molar-refractivity contribution >= 4 is 29.8 Å². The van der Waals surface area contributed by atoms with Crippen molar-refractivity contribution in [3.8, 4) is 0 Å². The molecule has 2 N–H and O–H groups in total. The van der Waals surface area contributed by atoms with Crippen LogP contribution in [0.3, 0.4) is 0 Å². The van der Waals surface area contributed by atoms with Crippen LogP contribution in [0, 0.1) is 0 Å². The zero-order valence-electron chi connectivity index (χ0n) is 14.8. The molecule has 0 unspecified atom stereocenters. The van der Waals surface area contributed by atoms with E-state index in [2.05, 4.69) is 15.6 Å². The SMILES string of the molecule is Cn1cc(NC(=O)OC(C)(C)C)cc1C(=O)Nc1cn(C)c(C=O)n1. The van der Waals surface area contributed by atoms with Gasteiger partial charge in [-0.15, -0.1) is 0 Å². The van der Waals surface area contributed by atoms with Crippen LogP contribution in [-0.4, -0.2) is 38.0 Å². The van der Waals surface area contributed by atoms with Gasteiger partial charge in [-0.1, -0.05) is 0 Å². The largest absolute Gasteiger partial charge is 0.444 e. The second-order valence-electron chi connectivity index (χ2n) is 6.52. The number of imidazole rings is 1. The zero-order valence-corrected chi connectivity index (χ0v) is 14.8. The lowest BCUT2D eigenvalue weighted by Crippen LogP contribution is -2.27. The fourth-order valence-electron chi connectivity index (χ4n) is 2.11. The van der Waals surface area contributed by atoms with Gasteiger partial charge in [0, 0.05) is 26.5 Å². The number of hydrogen-bond acceptors (Lipinski definition) is 5. The lowest BCUT2D eigenvalue weighted by Gasteiger charge is -2.19. The molecule has 0 saturated heterocycles. The lowest BCUT2D eigenvalue weighted by molar-refractivity contribution is 0.0635. The average molecular weight is 347 g/mol. The maximum Gasteiger partial charge on any atom is 0.412 e. The number of aldehydes is 1. The number of rotatable bonds is 4. The van der Waals surface area contributed by atoms with Gasteiger partial charge in [-0.25, -0.2) is 9.78 Å². The maximum absolute atomic E-state index is 12.4. The molecule has 0 radical (unpaired) electrons. The third-order valence-electron chi connectivity index (χ3n) is 3.14. The minimum Gasteiger partial charge on any atom is -0.444 e. The van der Waals surface area contributed by atoms with Crippen LogP contribution in [0.15, 0.2) is 18.5 Å².